The van der Waals surface area contributed by atoms with E-state index in [1.165, 1.54) is 23.6 Å². The molecule has 7 nitrogen and oxygen atoms in total. The lowest BCUT2D eigenvalue weighted by molar-refractivity contribution is -0.274. The van der Waals surface area contributed by atoms with Crippen LogP contribution in [0.4, 0.5) is 17.6 Å². The minimum atomic E-state index is -4.94. The zero-order chi connectivity index (χ0) is 30.4. The summed E-state index contributed by atoms with van der Waals surface area (Å²) in [5.74, 6) is -2.04. The third kappa shape index (κ3) is 7.87. The molecule has 0 saturated carbocycles. The van der Waals surface area contributed by atoms with Gasteiger partial charge in [0.25, 0.3) is 0 Å². The second-order valence-electron chi connectivity index (χ2n) is 8.67. The van der Waals surface area contributed by atoms with Crippen LogP contribution in [0.15, 0.2) is 59.9 Å². The van der Waals surface area contributed by atoms with Crippen LogP contribution in [0.2, 0.25) is 0 Å². The number of allylic oxidation sites excluding steroid dienone is 4. The number of rotatable bonds is 8. The Morgan fingerprint density at radius 3 is 2.17 bits per heavy atom. The number of halogens is 4. The Morgan fingerprint density at radius 1 is 1.02 bits per heavy atom. The fourth-order valence-corrected chi connectivity index (χ4v) is 3.66. The number of aromatic nitrogens is 1. The number of hydrogen-bond acceptors (Lipinski definition) is 5. The van der Waals surface area contributed by atoms with Crippen molar-refractivity contribution in [3.05, 3.63) is 77.0 Å². The minimum absolute atomic E-state index is 0.105. The monoisotopic (exact) mass is 565 g/mol. The zero-order valence-electron chi connectivity index (χ0n) is 23.1. The number of Topliss-reactive ketones (excluding diaryl/α,β-unsaturated/α-hetero) is 1. The fourth-order valence-electron chi connectivity index (χ4n) is 3.66. The van der Waals surface area contributed by atoms with Gasteiger partial charge in [0, 0.05) is 29.3 Å². The van der Waals surface area contributed by atoms with E-state index in [9.17, 15) is 27.2 Å². The number of carboxylic acid groups (broad SMARTS) is 1. The van der Waals surface area contributed by atoms with Crippen LogP contribution in [0, 0.1) is 12.7 Å². The van der Waals surface area contributed by atoms with Gasteiger partial charge in [-0.15, -0.1) is 13.2 Å². The summed E-state index contributed by atoms with van der Waals surface area (Å²) in [6, 6.07) is 6.94. The van der Waals surface area contributed by atoms with Crippen molar-refractivity contribution in [3.8, 4) is 17.2 Å². The van der Waals surface area contributed by atoms with E-state index in [0.29, 0.717) is 16.7 Å². The van der Waals surface area contributed by atoms with E-state index in [1.807, 2.05) is 19.9 Å². The first-order valence-corrected chi connectivity index (χ1v) is 12.1. The number of fused-ring (bicyclic) bond motifs is 1. The average molecular weight is 566 g/mol. The van der Waals surface area contributed by atoms with Crippen LogP contribution < -0.4 is 9.47 Å². The van der Waals surface area contributed by atoms with E-state index >= 15 is 0 Å². The van der Waals surface area contributed by atoms with Crippen molar-refractivity contribution in [2.75, 3.05) is 7.11 Å². The molecule has 3 rings (SSSR count). The Bertz CT molecular complexity index is 1450. The summed E-state index contributed by atoms with van der Waals surface area (Å²) in [5.41, 5.74) is 1.27. The predicted octanol–water partition coefficient (Wildman–Crippen LogP) is 7.53. The van der Waals surface area contributed by atoms with E-state index in [-0.39, 0.29) is 28.3 Å². The highest BCUT2D eigenvalue weighted by atomic mass is 19.4. The molecule has 2 aromatic carbocycles. The van der Waals surface area contributed by atoms with Crippen LogP contribution >= 0.6 is 0 Å². The van der Waals surface area contributed by atoms with Crippen LogP contribution in [0.25, 0.3) is 16.6 Å². The summed E-state index contributed by atoms with van der Waals surface area (Å²) in [5, 5.41) is 9.41. The summed E-state index contributed by atoms with van der Waals surface area (Å²) < 4.78 is 68.4. The molecule has 0 unspecified atom stereocenters. The van der Waals surface area contributed by atoms with Crippen LogP contribution in [0.5, 0.6) is 11.5 Å². The van der Waals surface area contributed by atoms with Gasteiger partial charge in [0.2, 0.25) is 0 Å². The molecular weight excluding hydrogens is 534 g/mol. The number of hydrogen-bond donors (Lipinski definition) is 1. The highest BCUT2D eigenvalue weighted by molar-refractivity contribution is 6.17. The second-order valence-corrected chi connectivity index (χ2v) is 8.67. The topological polar surface area (TPSA) is 87.0 Å². The highest BCUT2D eigenvalue weighted by Gasteiger charge is 2.32. The molecule has 3 aromatic rings. The highest BCUT2D eigenvalue weighted by Crippen LogP contribution is 2.36. The quantitative estimate of drug-likeness (QED) is 0.131. The van der Waals surface area contributed by atoms with Gasteiger partial charge in [-0.1, -0.05) is 12.2 Å². The molecule has 0 spiro atoms. The summed E-state index contributed by atoms with van der Waals surface area (Å²) in [6.07, 6.45) is -2.70. The summed E-state index contributed by atoms with van der Waals surface area (Å²) in [6.45, 7) is 9.98. The predicted molar refractivity (Wildman–Crippen MR) is 143 cm³/mol. The molecule has 11 heteroatoms. The van der Waals surface area contributed by atoms with Crippen LogP contribution in [0.1, 0.15) is 50.7 Å². The molecule has 1 aromatic heterocycles. The maximum atomic E-state index is 14.5. The van der Waals surface area contributed by atoms with Gasteiger partial charge in [-0.3, -0.25) is 4.79 Å². The van der Waals surface area contributed by atoms with E-state index in [4.69, 9.17) is 14.6 Å². The van der Waals surface area contributed by atoms with Crippen molar-refractivity contribution in [1.82, 2.24) is 4.57 Å². The van der Waals surface area contributed by atoms with Crippen molar-refractivity contribution < 1.29 is 46.5 Å². The van der Waals surface area contributed by atoms with Crippen molar-refractivity contribution in [2.24, 2.45) is 0 Å². The van der Waals surface area contributed by atoms with Crippen LogP contribution in [0.3, 0.4) is 0 Å². The number of ether oxygens (including phenoxy) is 3. The Hall–Kier alpha value is -4.28. The summed E-state index contributed by atoms with van der Waals surface area (Å²) in [7, 11) is 1.66. The lowest BCUT2D eigenvalue weighted by Crippen LogP contribution is -2.23. The maximum Gasteiger partial charge on any atom is 0.573 e. The summed E-state index contributed by atoms with van der Waals surface area (Å²) >= 11 is 0. The molecule has 0 amide bonds. The van der Waals surface area contributed by atoms with Crippen molar-refractivity contribution in [2.45, 2.75) is 54.0 Å². The number of aliphatic carboxylic acids is 1. The van der Waals surface area contributed by atoms with Gasteiger partial charge in [-0.2, -0.15) is 0 Å². The maximum absolute atomic E-state index is 14.5. The standard InChI is InChI=1S/C24H21F4NO5.C5H10O/c1-5-12(2)22(30)21-13(3)29(20-11-17(6-7-19(20)21)34-24(26,27)28)16-8-15(25)9-18(10-16)33-14(4)23(31)32;1-4-5(2)6-3/h5-11,14H,1-4H3,(H,31,32);4H,1-3H3/b12-5+;5-4+/t14-;/m1./s1. The molecule has 1 atom stereocenters. The van der Waals surface area contributed by atoms with Gasteiger partial charge in [0.1, 0.15) is 17.3 Å². The molecule has 0 aliphatic rings. The van der Waals surface area contributed by atoms with Gasteiger partial charge < -0.3 is 23.9 Å². The third-order valence-electron chi connectivity index (χ3n) is 5.93. The van der Waals surface area contributed by atoms with Crippen LogP contribution in [-0.2, 0) is 9.53 Å². The molecule has 0 bridgehead atoms. The van der Waals surface area contributed by atoms with Gasteiger partial charge in [0.15, 0.2) is 11.9 Å². The average Bonchev–Trinajstić information content (AvgIpc) is 3.16. The molecular formula is C29H31F4NO6. The molecule has 0 fully saturated rings. The Balaban J connectivity index is 0.000000840. The molecule has 0 saturated heterocycles. The molecule has 1 heterocycles. The largest absolute Gasteiger partial charge is 0.573 e. The zero-order valence-corrected chi connectivity index (χ0v) is 23.1. The SMILES string of the molecule is C/C=C(\C)C(=O)c1c(C)n(-c2cc(F)cc(O[C@H](C)C(=O)O)c2)c2cc(OC(F)(F)F)ccc12.C/C=C(\C)OC. The normalized spacial score (nSPS) is 12.9. The minimum Gasteiger partial charge on any atom is -0.502 e. The Kier molecular flexibility index (Phi) is 10.5. The van der Waals surface area contributed by atoms with Gasteiger partial charge in [-0.05, 0) is 65.3 Å². The molecule has 0 radical (unpaired) electrons. The number of methoxy groups -OCH3 is 1. The van der Waals surface area contributed by atoms with E-state index in [2.05, 4.69) is 4.74 Å². The van der Waals surface area contributed by atoms with Crippen molar-refractivity contribution in [1.29, 1.82) is 0 Å². The summed E-state index contributed by atoms with van der Waals surface area (Å²) in [4.78, 5) is 24.2. The van der Waals surface area contributed by atoms with E-state index in [0.717, 1.165) is 30.0 Å². The molecule has 216 valence electrons. The number of ketones is 1. The number of carbonyl (C=O) groups excluding carboxylic acids is 1. The number of carboxylic acids is 1. The van der Waals surface area contributed by atoms with Crippen molar-refractivity contribution in [3.63, 3.8) is 0 Å². The first-order chi connectivity index (χ1) is 18.6. The van der Waals surface area contributed by atoms with E-state index < -0.39 is 30.0 Å². The molecule has 0 aliphatic carbocycles. The number of alkyl halides is 3. The first kappa shape index (κ1) is 31.9. The van der Waals surface area contributed by atoms with Crippen molar-refractivity contribution >= 4 is 22.7 Å². The third-order valence-corrected chi connectivity index (χ3v) is 5.93. The fraction of sp³-hybridized carbons (Fsp3) is 0.310. The van der Waals surface area contributed by atoms with Crippen LogP contribution in [-0.4, -0.2) is 41.0 Å². The Morgan fingerprint density at radius 2 is 1.68 bits per heavy atom. The van der Waals surface area contributed by atoms with E-state index in [1.54, 1.807) is 34.0 Å². The molecule has 40 heavy (non-hydrogen) atoms. The first-order valence-electron chi connectivity index (χ1n) is 12.1. The number of nitrogens with zero attached hydrogens (tertiary/aromatic N) is 1. The van der Waals surface area contributed by atoms with Gasteiger partial charge in [0.05, 0.1) is 29.6 Å². The lowest BCUT2D eigenvalue weighted by atomic mass is 10.0. The second kappa shape index (κ2) is 13.2. The molecule has 0 aliphatic heterocycles. The number of carbonyl (C=O) groups is 2. The van der Waals surface area contributed by atoms with Gasteiger partial charge >= 0.3 is 12.3 Å². The molecule has 1 N–H and O–H groups in total. The Labute approximate surface area is 229 Å². The lowest BCUT2D eigenvalue weighted by Gasteiger charge is -2.15. The van der Waals surface area contributed by atoms with Gasteiger partial charge in [-0.25, -0.2) is 9.18 Å². The number of benzene rings is 2. The smallest absolute Gasteiger partial charge is 0.502 e.